The van der Waals surface area contributed by atoms with Crippen LogP contribution in [0.4, 0.5) is 10.6 Å². The molecule has 6 nitrogen and oxygen atoms in total. The third kappa shape index (κ3) is 3.90. The molecule has 3 heterocycles. The van der Waals surface area contributed by atoms with Gasteiger partial charge in [-0.3, -0.25) is 10.2 Å². The van der Waals surface area contributed by atoms with Gasteiger partial charge in [0.05, 0.1) is 12.3 Å². The second kappa shape index (κ2) is 7.28. The number of pyridine rings is 1. The molecule has 0 saturated carbocycles. The maximum absolute atomic E-state index is 12.1. The molecular formula is C17H22N4O2. The van der Waals surface area contributed by atoms with Crippen LogP contribution in [0.5, 0.6) is 0 Å². The Hall–Kier alpha value is -2.34. The van der Waals surface area contributed by atoms with Crippen LogP contribution in [-0.4, -0.2) is 35.5 Å². The molecule has 2 N–H and O–H groups in total. The Morgan fingerprint density at radius 2 is 2.17 bits per heavy atom. The summed E-state index contributed by atoms with van der Waals surface area (Å²) < 4.78 is 5.55. The molecule has 3 rings (SSSR count). The molecule has 1 saturated heterocycles. The molecule has 2 amide bonds. The minimum Gasteiger partial charge on any atom is -0.468 e. The average molecular weight is 314 g/mol. The minimum absolute atomic E-state index is 0.0723. The van der Waals surface area contributed by atoms with Crippen molar-refractivity contribution in [3.8, 4) is 0 Å². The van der Waals surface area contributed by atoms with Crippen LogP contribution in [0.1, 0.15) is 30.2 Å². The van der Waals surface area contributed by atoms with E-state index in [1.165, 1.54) is 12.8 Å². The van der Waals surface area contributed by atoms with Crippen molar-refractivity contribution in [1.29, 1.82) is 0 Å². The lowest BCUT2D eigenvalue weighted by Crippen LogP contribution is -2.38. The summed E-state index contributed by atoms with van der Waals surface area (Å²) in [6.07, 6.45) is 5.72. The zero-order chi connectivity index (χ0) is 16.1. The van der Waals surface area contributed by atoms with E-state index < -0.39 is 0 Å². The quantitative estimate of drug-likeness (QED) is 0.890. The maximum Gasteiger partial charge on any atom is 0.320 e. The molecule has 1 aliphatic rings. The average Bonchev–Trinajstić information content (AvgIpc) is 3.23. The molecule has 1 aliphatic heterocycles. The van der Waals surface area contributed by atoms with Crippen LogP contribution in [0, 0.1) is 6.92 Å². The molecule has 0 spiro atoms. The monoisotopic (exact) mass is 314 g/mol. The molecule has 1 atom stereocenters. The molecule has 1 fully saturated rings. The number of furan rings is 1. The van der Waals surface area contributed by atoms with Crippen molar-refractivity contribution in [3.63, 3.8) is 0 Å². The second-order valence-corrected chi connectivity index (χ2v) is 5.78. The van der Waals surface area contributed by atoms with Crippen molar-refractivity contribution in [3.05, 3.63) is 48.0 Å². The van der Waals surface area contributed by atoms with E-state index in [4.69, 9.17) is 4.42 Å². The van der Waals surface area contributed by atoms with E-state index in [0.29, 0.717) is 12.4 Å². The standard InChI is InChI=1S/C17H22N4O2/c1-13-6-4-8-18-16(13)20-17(22)19-12-14(15-7-5-11-23-15)21-9-2-3-10-21/h4-8,11,14H,2-3,9-10,12H2,1H3,(H2,18,19,20,22)/t14-/m0/s1. The molecule has 2 aromatic heterocycles. The Bertz CT molecular complexity index is 636. The van der Waals surface area contributed by atoms with Crippen LogP contribution < -0.4 is 10.6 Å². The van der Waals surface area contributed by atoms with Gasteiger partial charge in [-0.1, -0.05) is 6.07 Å². The van der Waals surface area contributed by atoms with E-state index in [9.17, 15) is 4.79 Å². The smallest absolute Gasteiger partial charge is 0.320 e. The van der Waals surface area contributed by atoms with Gasteiger partial charge in [-0.25, -0.2) is 9.78 Å². The summed E-state index contributed by atoms with van der Waals surface area (Å²) >= 11 is 0. The van der Waals surface area contributed by atoms with Gasteiger partial charge in [-0.2, -0.15) is 0 Å². The van der Waals surface area contributed by atoms with Gasteiger partial charge < -0.3 is 9.73 Å². The molecule has 122 valence electrons. The van der Waals surface area contributed by atoms with Crippen LogP contribution in [-0.2, 0) is 0 Å². The largest absolute Gasteiger partial charge is 0.468 e. The SMILES string of the molecule is Cc1cccnc1NC(=O)NC[C@@H](c1ccco1)N1CCCC1. The second-order valence-electron chi connectivity index (χ2n) is 5.78. The first-order chi connectivity index (χ1) is 11.2. The van der Waals surface area contributed by atoms with Crippen molar-refractivity contribution in [2.24, 2.45) is 0 Å². The number of nitrogens with one attached hydrogen (secondary N) is 2. The van der Waals surface area contributed by atoms with Crippen LogP contribution >= 0.6 is 0 Å². The summed E-state index contributed by atoms with van der Waals surface area (Å²) in [5, 5.41) is 5.72. The van der Waals surface area contributed by atoms with E-state index in [1.807, 2.05) is 31.2 Å². The Balaban J connectivity index is 1.60. The number of nitrogens with zero attached hydrogens (tertiary/aromatic N) is 2. The van der Waals surface area contributed by atoms with Gasteiger partial charge in [-0.05, 0) is 56.6 Å². The van der Waals surface area contributed by atoms with E-state index in [1.54, 1.807) is 12.5 Å². The number of hydrogen-bond donors (Lipinski definition) is 2. The fourth-order valence-corrected chi connectivity index (χ4v) is 2.90. The molecule has 6 heteroatoms. The van der Waals surface area contributed by atoms with Crippen molar-refractivity contribution in [1.82, 2.24) is 15.2 Å². The van der Waals surface area contributed by atoms with E-state index in [0.717, 1.165) is 24.4 Å². The van der Waals surface area contributed by atoms with Crippen molar-refractivity contribution < 1.29 is 9.21 Å². The number of aromatic nitrogens is 1. The van der Waals surface area contributed by atoms with Crippen LogP contribution in [0.2, 0.25) is 0 Å². The number of anilines is 1. The molecule has 0 unspecified atom stereocenters. The number of carbonyl (C=O) groups excluding carboxylic acids is 1. The van der Waals surface area contributed by atoms with Crippen molar-refractivity contribution in [2.45, 2.75) is 25.8 Å². The number of urea groups is 1. The topological polar surface area (TPSA) is 70.4 Å². The van der Waals surface area contributed by atoms with Gasteiger partial charge in [0.1, 0.15) is 11.6 Å². The van der Waals surface area contributed by atoms with Gasteiger partial charge in [0.25, 0.3) is 0 Å². The number of carbonyl (C=O) groups is 1. The Morgan fingerprint density at radius 3 is 2.87 bits per heavy atom. The Labute approximate surface area is 135 Å². The molecular weight excluding hydrogens is 292 g/mol. The fourth-order valence-electron chi connectivity index (χ4n) is 2.90. The van der Waals surface area contributed by atoms with Crippen molar-refractivity contribution >= 4 is 11.8 Å². The maximum atomic E-state index is 12.1. The Kier molecular flexibility index (Phi) is 4.92. The number of aryl methyl sites for hydroxylation is 1. The number of likely N-dealkylation sites (tertiary alicyclic amines) is 1. The van der Waals surface area contributed by atoms with Gasteiger partial charge in [0, 0.05) is 12.7 Å². The number of rotatable bonds is 5. The lowest BCUT2D eigenvalue weighted by molar-refractivity contribution is 0.207. The minimum atomic E-state index is -0.248. The molecule has 0 aliphatic carbocycles. The van der Waals surface area contributed by atoms with Crippen LogP contribution in [0.3, 0.4) is 0 Å². The van der Waals surface area contributed by atoms with Gasteiger partial charge in [-0.15, -0.1) is 0 Å². The normalized spacial score (nSPS) is 16.2. The predicted octanol–water partition coefficient (Wildman–Crippen LogP) is 2.94. The van der Waals surface area contributed by atoms with Crippen LogP contribution in [0.25, 0.3) is 0 Å². The molecule has 2 aromatic rings. The van der Waals surface area contributed by atoms with Crippen molar-refractivity contribution in [2.75, 3.05) is 25.0 Å². The predicted molar refractivity (Wildman–Crippen MR) is 88.3 cm³/mol. The summed E-state index contributed by atoms with van der Waals surface area (Å²) in [5.74, 6) is 1.47. The zero-order valence-corrected chi connectivity index (χ0v) is 13.3. The molecule has 0 aromatic carbocycles. The lowest BCUT2D eigenvalue weighted by Gasteiger charge is -2.26. The van der Waals surface area contributed by atoms with Gasteiger partial charge in [0.2, 0.25) is 0 Å². The third-order valence-electron chi connectivity index (χ3n) is 4.15. The first-order valence-corrected chi connectivity index (χ1v) is 7.98. The fraction of sp³-hybridized carbons (Fsp3) is 0.412. The lowest BCUT2D eigenvalue weighted by atomic mass is 10.2. The highest BCUT2D eigenvalue weighted by Gasteiger charge is 2.25. The summed E-state index contributed by atoms with van der Waals surface area (Å²) in [6.45, 7) is 4.49. The summed E-state index contributed by atoms with van der Waals surface area (Å²) in [6, 6.07) is 7.43. The first kappa shape index (κ1) is 15.6. The molecule has 0 radical (unpaired) electrons. The van der Waals surface area contributed by atoms with E-state index in [2.05, 4.69) is 20.5 Å². The third-order valence-corrected chi connectivity index (χ3v) is 4.15. The first-order valence-electron chi connectivity index (χ1n) is 7.98. The molecule has 0 bridgehead atoms. The summed E-state index contributed by atoms with van der Waals surface area (Å²) in [4.78, 5) is 18.7. The zero-order valence-electron chi connectivity index (χ0n) is 13.3. The molecule has 23 heavy (non-hydrogen) atoms. The van der Waals surface area contributed by atoms with E-state index >= 15 is 0 Å². The highest BCUT2D eigenvalue weighted by atomic mass is 16.3. The highest BCUT2D eigenvalue weighted by molar-refractivity contribution is 5.88. The highest BCUT2D eigenvalue weighted by Crippen LogP contribution is 2.24. The van der Waals surface area contributed by atoms with Gasteiger partial charge in [0.15, 0.2) is 0 Å². The summed E-state index contributed by atoms with van der Waals surface area (Å²) in [5.41, 5.74) is 0.935. The van der Waals surface area contributed by atoms with Crippen LogP contribution in [0.15, 0.2) is 41.1 Å². The Morgan fingerprint density at radius 1 is 1.35 bits per heavy atom. The van der Waals surface area contributed by atoms with E-state index in [-0.39, 0.29) is 12.1 Å². The van der Waals surface area contributed by atoms with Gasteiger partial charge >= 0.3 is 6.03 Å². The summed E-state index contributed by atoms with van der Waals surface area (Å²) in [7, 11) is 0. The number of amides is 2. The number of hydrogen-bond acceptors (Lipinski definition) is 4.